The molecule has 1 heterocycles. The molecule has 0 aliphatic carbocycles. The maximum Gasteiger partial charge on any atom is 0.328 e. The lowest BCUT2D eigenvalue weighted by Gasteiger charge is -2.19. The average molecular weight is 250 g/mol. The molecule has 1 N–H and O–H groups in total. The largest absolute Gasteiger partial charge is 0.478 e. The summed E-state index contributed by atoms with van der Waals surface area (Å²) in [5.41, 5.74) is 0.669. The predicted octanol–water partition coefficient (Wildman–Crippen LogP) is 0.572. The smallest absolute Gasteiger partial charge is 0.328 e. The summed E-state index contributed by atoms with van der Waals surface area (Å²) in [7, 11) is 5.94. The minimum atomic E-state index is -0.984. The van der Waals surface area contributed by atoms with Crippen molar-refractivity contribution in [1.82, 2.24) is 14.9 Å². The van der Waals surface area contributed by atoms with Crippen LogP contribution in [0.15, 0.2) is 18.5 Å². The van der Waals surface area contributed by atoms with Crippen molar-refractivity contribution >= 4 is 18.0 Å². The van der Waals surface area contributed by atoms with Crippen LogP contribution in [0.1, 0.15) is 5.56 Å². The quantitative estimate of drug-likeness (QED) is 0.744. The highest BCUT2D eigenvalue weighted by atomic mass is 16.4. The van der Waals surface area contributed by atoms with Gasteiger partial charge in [-0.3, -0.25) is 0 Å². The Morgan fingerprint density at radius 2 is 1.89 bits per heavy atom. The van der Waals surface area contributed by atoms with E-state index < -0.39 is 5.97 Å². The molecule has 0 radical (unpaired) electrons. The molecule has 0 unspecified atom stereocenters. The van der Waals surface area contributed by atoms with E-state index in [1.165, 1.54) is 6.08 Å². The molecule has 98 valence electrons. The number of nitrogens with zero attached hydrogens (tertiary/aromatic N) is 4. The second kappa shape index (κ2) is 6.70. The lowest BCUT2D eigenvalue weighted by molar-refractivity contribution is -0.131. The van der Waals surface area contributed by atoms with Gasteiger partial charge in [-0.15, -0.1) is 0 Å². The fraction of sp³-hybridized carbons (Fsp3) is 0.417. The Kier molecular flexibility index (Phi) is 5.26. The van der Waals surface area contributed by atoms with E-state index in [4.69, 9.17) is 5.11 Å². The van der Waals surface area contributed by atoms with Gasteiger partial charge in [-0.25, -0.2) is 14.8 Å². The molecule has 1 aromatic heterocycles. The number of aromatic nitrogens is 2. The number of rotatable bonds is 6. The summed E-state index contributed by atoms with van der Waals surface area (Å²) in [5.74, 6) is -0.355. The second-order valence-electron chi connectivity index (χ2n) is 4.21. The monoisotopic (exact) mass is 250 g/mol. The van der Waals surface area contributed by atoms with Crippen LogP contribution in [-0.2, 0) is 4.79 Å². The molecule has 0 saturated carbocycles. The number of aliphatic carboxylic acids is 1. The average Bonchev–Trinajstić information content (AvgIpc) is 2.34. The molecule has 6 heteroatoms. The third-order valence-corrected chi connectivity index (χ3v) is 2.30. The normalized spacial score (nSPS) is 11.1. The predicted molar refractivity (Wildman–Crippen MR) is 70.5 cm³/mol. The van der Waals surface area contributed by atoms with Gasteiger partial charge in [-0.1, -0.05) is 0 Å². The van der Waals surface area contributed by atoms with Crippen molar-refractivity contribution in [2.45, 2.75) is 0 Å². The zero-order valence-electron chi connectivity index (χ0n) is 10.9. The highest BCUT2D eigenvalue weighted by molar-refractivity contribution is 5.85. The fourth-order valence-electron chi connectivity index (χ4n) is 1.23. The van der Waals surface area contributed by atoms with Crippen molar-refractivity contribution in [3.63, 3.8) is 0 Å². The molecule has 0 spiro atoms. The molecule has 18 heavy (non-hydrogen) atoms. The molecule has 0 amide bonds. The highest BCUT2D eigenvalue weighted by Crippen LogP contribution is 2.06. The van der Waals surface area contributed by atoms with Gasteiger partial charge in [0.05, 0.1) is 0 Å². The summed E-state index contributed by atoms with van der Waals surface area (Å²) >= 11 is 0. The molecule has 1 aromatic rings. The molecule has 0 atom stereocenters. The van der Waals surface area contributed by atoms with Gasteiger partial charge in [0, 0.05) is 44.2 Å². The Labute approximate surface area is 107 Å². The van der Waals surface area contributed by atoms with Crippen molar-refractivity contribution < 1.29 is 9.90 Å². The SMILES string of the molecule is CN(C)CCN(C)c1ncc(/C=C/C(=O)O)cn1. The van der Waals surface area contributed by atoms with E-state index in [0.717, 1.165) is 19.2 Å². The first kappa shape index (κ1) is 14.1. The second-order valence-corrected chi connectivity index (χ2v) is 4.21. The standard InChI is InChI=1S/C12H18N4O2/c1-15(2)6-7-16(3)12-13-8-10(9-14-12)4-5-11(17)18/h4-5,8-9H,6-7H2,1-3H3,(H,17,18)/b5-4+. The van der Waals surface area contributed by atoms with Crippen LogP contribution in [-0.4, -0.2) is 60.2 Å². The van der Waals surface area contributed by atoms with E-state index in [-0.39, 0.29) is 0 Å². The molecule has 1 rings (SSSR count). The van der Waals surface area contributed by atoms with Crippen molar-refractivity contribution in [2.75, 3.05) is 39.1 Å². The molecule has 0 aliphatic heterocycles. The number of hydrogen-bond acceptors (Lipinski definition) is 5. The zero-order valence-corrected chi connectivity index (χ0v) is 10.9. The van der Waals surface area contributed by atoms with Crippen LogP contribution in [0.2, 0.25) is 0 Å². The number of carboxylic acids is 1. The Morgan fingerprint density at radius 3 is 2.39 bits per heavy atom. The molecule has 0 aliphatic rings. The fourth-order valence-corrected chi connectivity index (χ4v) is 1.23. The molecule has 0 fully saturated rings. The van der Waals surface area contributed by atoms with Crippen LogP contribution < -0.4 is 4.90 Å². The number of likely N-dealkylation sites (N-methyl/N-ethyl adjacent to an activating group) is 2. The van der Waals surface area contributed by atoms with Crippen LogP contribution in [0.4, 0.5) is 5.95 Å². The van der Waals surface area contributed by atoms with Crippen LogP contribution in [0.25, 0.3) is 6.08 Å². The molecule has 0 bridgehead atoms. The summed E-state index contributed by atoms with van der Waals surface area (Å²) in [6.45, 7) is 1.75. The van der Waals surface area contributed by atoms with Crippen LogP contribution in [0.5, 0.6) is 0 Å². The Hall–Kier alpha value is -1.95. The first-order valence-corrected chi connectivity index (χ1v) is 5.58. The van der Waals surface area contributed by atoms with E-state index in [1.54, 1.807) is 12.4 Å². The molecule has 0 aromatic carbocycles. The number of anilines is 1. The van der Waals surface area contributed by atoms with Gasteiger partial charge in [-0.05, 0) is 20.2 Å². The first-order chi connectivity index (χ1) is 8.49. The van der Waals surface area contributed by atoms with Gasteiger partial charge >= 0.3 is 5.97 Å². The first-order valence-electron chi connectivity index (χ1n) is 5.58. The lowest BCUT2D eigenvalue weighted by atomic mass is 10.3. The minimum absolute atomic E-state index is 0.629. The summed E-state index contributed by atoms with van der Waals surface area (Å²) < 4.78 is 0. The van der Waals surface area contributed by atoms with E-state index in [2.05, 4.69) is 14.9 Å². The van der Waals surface area contributed by atoms with E-state index in [0.29, 0.717) is 11.5 Å². The van der Waals surface area contributed by atoms with Crippen LogP contribution in [0.3, 0.4) is 0 Å². The minimum Gasteiger partial charge on any atom is -0.478 e. The van der Waals surface area contributed by atoms with Crippen molar-refractivity contribution in [3.05, 3.63) is 24.0 Å². The van der Waals surface area contributed by atoms with Gasteiger partial charge in [0.25, 0.3) is 0 Å². The molecule has 6 nitrogen and oxygen atoms in total. The topological polar surface area (TPSA) is 69.6 Å². The van der Waals surface area contributed by atoms with E-state index in [1.807, 2.05) is 26.0 Å². The van der Waals surface area contributed by atoms with Crippen molar-refractivity contribution in [1.29, 1.82) is 0 Å². The highest BCUT2D eigenvalue weighted by Gasteiger charge is 2.03. The van der Waals surface area contributed by atoms with Gasteiger partial charge in [0.2, 0.25) is 5.95 Å². The van der Waals surface area contributed by atoms with E-state index in [9.17, 15) is 4.79 Å². The van der Waals surface area contributed by atoms with Gasteiger partial charge < -0.3 is 14.9 Å². The van der Waals surface area contributed by atoms with Crippen molar-refractivity contribution in [2.24, 2.45) is 0 Å². The third kappa shape index (κ3) is 4.92. The Morgan fingerprint density at radius 1 is 1.28 bits per heavy atom. The molecular formula is C12H18N4O2. The number of carbonyl (C=O) groups is 1. The van der Waals surface area contributed by atoms with Crippen LogP contribution in [0, 0.1) is 0 Å². The van der Waals surface area contributed by atoms with Gasteiger partial charge in [-0.2, -0.15) is 0 Å². The lowest BCUT2D eigenvalue weighted by Crippen LogP contribution is -2.29. The maximum atomic E-state index is 10.4. The summed E-state index contributed by atoms with van der Waals surface area (Å²) in [5, 5.41) is 8.50. The molecular weight excluding hydrogens is 232 g/mol. The van der Waals surface area contributed by atoms with Crippen LogP contribution >= 0.6 is 0 Å². The van der Waals surface area contributed by atoms with Crippen molar-refractivity contribution in [3.8, 4) is 0 Å². The summed E-state index contributed by atoms with van der Waals surface area (Å²) in [6, 6.07) is 0. The maximum absolute atomic E-state index is 10.4. The van der Waals surface area contributed by atoms with E-state index >= 15 is 0 Å². The van der Waals surface area contributed by atoms with Gasteiger partial charge in [0.15, 0.2) is 0 Å². The number of carboxylic acid groups (broad SMARTS) is 1. The summed E-state index contributed by atoms with van der Waals surface area (Å²) in [6.07, 6.45) is 5.74. The zero-order chi connectivity index (χ0) is 13.5. The Balaban J connectivity index is 2.61. The summed E-state index contributed by atoms with van der Waals surface area (Å²) in [4.78, 5) is 22.8. The third-order valence-electron chi connectivity index (χ3n) is 2.30. The van der Waals surface area contributed by atoms with Gasteiger partial charge in [0.1, 0.15) is 0 Å². The number of hydrogen-bond donors (Lipinski definition) is 1. The molecule has 0 saturated heterocycles. The Bertz CT molecular complexity index is 415.